The van der Waals surface area contributed by atoms with Crippen LogP contribution >= 0.6 is 0 Å². The minimum atomic E-state index is -1.07. The third kappa shape index (κ3) is 3.88. The molecule has 0 unspecified atom stereocenters. The molecule has 4 bridgehead atoms. The van der Waals surface area contributed by atoms with Crippen molar-refractivity contribution in [1.29, 1.82) is 0 Å². The number of carbonyl (C=O) groups excluding carboxylic acids is 1. The number of carboxylic acids is 1. The minimum absolute atomic E-state index is 0.0724. The lowest BCUT2D eigenvalue weighted by Crippen LogP contribution is -2.81. The molecular weight excluding hydrogens is 560 g/mol. The van der Waals surface area contributed by atoms with Crippen LogP contribution in [0.25, 0.3) is 0 Å². The lowest BCUT2D eigenvalue weighted by Gasteiger charge is -2.74. The van der Waals surface area contributed by atoms with Gasteiger partial charge in [0, 0.05) is 47.6 Å². The maximum absolute atomic E-state index is 12.2. The Balaban J connectivity index is 1.08. The van der Waals surface area contributed by atoms with Gasteiger partial charge in [-0.05, 0) is 86.7 Å². The molecule has 2 aromatic carbocycles. The van der Waals surface area contributed by atoms with Gasteiger partial charge in [0.05, 0.1) is 20.3 Å². The molecule has 9 rings (SSSR count). The molecule has 0 aromatic heterocycles. The molecule has 234 valence electrons. The Labute approximate surface area is 258 Å². The van der Waals surface area contributed by atoms with Crippen LogP contribution in [0.5, 0.6) is 11.5 Å². The summed E-state index contributed by atoms with van der Waals surface area (Å²) >= 11 is 0. The van der Waals surface area contributed by atoms with E-state index in [9.17, 15) is 9.59 Å². The second kappa shape index (κ2) is 10.2. The fourth-order valence-electron chi connectivity index (χ4n) is 10.2. The number of nitrogens with zero attached hydrogens (tertiary/aromatic N) is 1. The summed E-state index contributed by atoms with van der Waals surface area (Å²) in [7, 11) is 3.61. The Hall–Kier alpha value is -3.14. The summed E-state index contributed by atoms with van der Waals surface area (Å²) in [5, 5.41) is 11.2. The predicted octanol–water partition coefficient (Wildman–Crippen LogP) is 3.95. The first-order valence-electron chi connectivity index (χ1n) is 16.2. The van der Waals surface area contributed by atoms with E-state index in [-0.39, 0.29) is 22.9 Å². The second-order valence-corrected chi connectivity index (χ2v) is 14.0. The fourth-order valence-corrected chi connectivity index (χ4v) is 10.2. The third-order valence-corrected chi connectivity index (χ3v) is 12.2. The van der Waals surface area contributed by atoms with Crippen LogP contribution in [0.3, 0.4) is 0 Å². The number of carboxylic acid groups (broad SMARTS) is 1. The van der Waals surface area contributed by atoms with E-state index in [1.165, 1.54) is 30.5 Å². The summed E-state index contributed by atoms with van der Waals surface area (Å²) in [6, 6.07) is 12.1. The highest BCUT2D eigenvalue weighted by atomic mass is 16.6. The summed E-state index contributed by atoms with van der Waals surface area (Å²) in [5.74, 6) is 1.34. The summed E-state index contributed by atoms with van der Waals surface area (Å²) in [6.07, 6.45) is 7.98. The van der Waals surface area contributed by atoms with E-state index in [1.54, 1.807) is 19.2 Å². The zero-order valence-corrected chi connectivity index (χ0v) is 25.6. The number of benzene rings is 2. The predicted molar refractivity (Wildman–Crippen MR) is 161 cm³/mol. The van der Waals surface area contributed by atoms with Crippen LogP contribution in [0, 0.1) is 17.3 Å². The number of fused-ring (bicyclic) bond motifs is 2. The highest BCUT2D eigenvalue weighted by Gasteiger charge is 2.80. The largest absolute Gasteiger partial charge is 0.493 e. The Morgan fingerprint density at radius 3 is 2.64 bits per heavy atom. The van der Waals surface area contributed by atoms with Gasteiger partial charge in [0.2, 0.25) is 0 Å². The SMILES string of the molecule is COc1ccc2c3c1O[C@H]1[C@@]4(OC)CC[C@@]5(C[C@@H]4COCc4ccc(C(=O)NCC(=O)O)cc4)[C@@H](C2)N(CC2CC2)CC[C@]315. The van der Waals surface area contributed by atoms with E-state index in [1.807, 2.05) is 19.2 Å². The molecule has 5 aliphatic carbocycles. The number of piperidine rings is 1. The molecule has 5 fully saturated rings. The van der Waals surface area contributed by atoms with E-state index in [0.717, 1.165) is 61.6 Å². The number of hydrogen-bond donors (Lipinski definition) is 2. The van der Waals surface area contributed by atoms with Crippen LogP contribution in [-0.4, -0.2) is 80.1 Å². The monoisotopic (exact) mass is 602 g/mol. The van der Waals surface area contributed by atoms with Crippen molar-refractivity contribution in [3.05, 3.63) is 58.7 Å². The number of aliphatic carboxylic acids is 1. The molecule has 6 atom stereocenters. The molecule has 9 heteroatoms. The van der Waals surface area contributed by atoms with Gasteiger partial charge in [-0.3, -0.25) is 14.5 Å². The van der Waals surface area contributed by atoms with E-state index < -0.39 is 24.0 Å². The molecule has 1 saturated heterocycles. The van der Waals surface area contributed by atoms with E-state index >= 15 is 0 Å². The molecule has 4 saturated carbocycles. The van der Waals surface area contributed by atoms with Gasteiger partial charge in [0.1, 0.15) is 18.2 Å². The minimum Gasteiger partial charge on any atom is -0.493 e. The van der Waals surface area contributed by atoms with Crippen LogP contribution in [-0.2, 0) is 32.7 Å². The Morgan fingerprint density at radius 1 is 1.09 bits per heavy atom. The van der Waals surface area contributed by atoms with Crippen LogP contribution in [0.4, 0.5) is 0 Å². The van der Waals surface area contributed by atoms with Crippen LogP contribution in [0.1, 0.15) is 65.6 Å². The zero-order valence-electron chi connectivity index (χ0n) is 25.6. The lowest BCUT2D eigenvalue weighted by atomic mass is 9.35. The molecule has 2 aliphatic heterocycles. The lowest BCUT2D eigenvalue weighted by molar-refractivity contribution is -0.283. The average Bonchev–Trinajstić information content (AvgIpc) is 3.78. The number of nitrogens with one attached hydrogen (secondary N) is 1. The van der Waals surface area contributed by atoms with Crippen molar-refractivity contribution in [2.75, 3.05) is 40.5 Å². The van der Waals surface area contributed by atoms with Crippen LogP contribution in [0.15, 0.2) is 36.4 Å². The molecule has 0 radical (unpaired) electrons. The van der Waals surface area contributed by atoms with Crippen molar-refractivity contribution in [2.24, 2.45) is 17.3 Å². The van der Waals surface area contributed by atoms with Gasteiger partial charge in [-0.2, -0.15) is 0 Å². The summed E-state index contributed by atoms with van der Waals surface area (Å²) < 4.78 is 26.1. The number of likely N-dealkylation sites (tertiary alicyclic amines) is 1. The molecule has 2 N–H and O–H groups in total. The van der Waals surface area contributed by atoms with E-state index in [4.69, 9.17) is 24.1 Å². The van der Waals surface area contributed by atoms with Crippen molar-refractivity contribution < 1.29 is 33.6 Å². The van der Waals surface area contributed by atoms with Gasteiger partial charge in [0.15, 0.2) is 11.5 Å². The molecule has 1 amide bonds. The Kier molecular flexibility index (Phi) is 6.56. The molecule has 2 spiro atoms. The maximum Gasteiger partial charge on any atom is 0.322 e. The van der Waals surface area contributed by atoms with Gasteiger partial charge in [-0.1, -0.05) is 18.2 Å². The quantitative estimate of drug-likeness (QED) is 0.399. The smallest absolute Gasteiger partial charge is 0.322 e. The highest BCUT2D eigenvalue weighted by molar-refractivity contribution is 5.95. The highest BCUT2D eigenvalue weighted by Crippen LogP contribution is 2.76. The van der Waals surface area contributed by atoms with Crippen molar-refractivity contribution in [3.63, 3.8) is 0 Å². The molecule has 7 aliphatic rings. The number of ether oxygens (including phenoxy) is 4. The van der Waals surface area contributed by atoms with E-state index in [2.05, 4.69) is 22.3 Å². The van der Waals surface area contributed by atoms with Crippen molar-refractivity contribution >= 4 is 11.9 Å². The topological polar surface area (TPSA) is 107 Å². The van der Waals surface area contributed by atoms with Gasteiger partial charge in [-0.25, -0.2) is 0 Å². The summed E-state index contributed by atoms with van der Waals surface area (Å²) in [4.78, 5) is 25.9. The summed E-state index contributed by atoms with van der Waals surface area (Å²) in [5.41, 5.74) is 3.82. The average molecular weight is 603 g/mol. The van der Waals surface area contributed by atoms with Crippen molar-refractivity contribution in [3.8, 4) is 11.5 Å². The van der Waals surface area contributed by atoms with Crippen molar-refractivity contribution in [2.45, 2.75) is 74.7 Å². The zero-order chi connectivity index (χ0) is 30.3. The van der Waals surface area contributed by atoms with E-state index in [0.29, 0.717) is 24.8 Å². The number of rotatable bonds is 11. The second-order valence-electron chi connectivity index (χ2n) is 14.0. The van der Waals surface area contributed by atoms with Crippen LogP contribution < -0.4 is 14.8 Å². The molecule has 9 nitrogen and oxygen atoms in total. The summed E-state index contributed by atoms with van der Waals surface area (Å²) in [6.45, 7) is 2.92. The van der Waals surface area contributed by atoms with Gasteiger partial charge >= 0.3 is 5.97 Å². The standard InChI is InChI=1S/C35H42N2O7/c1-41-26-10-9-24-15-27-33-11-12-35(42-2,32-34(33,29(24)30(26)44-32)13-14-37(27)18-21-3-4-21)25(16-33)20-43-19-22-5-7-23(8-6-22)31(40)36-17-28(38)39/h5-10,21,25,27,32H,3-4,11-20H2,1-2H3,(H,36,40)(H,38,39)/t25-,27-,32-,33-,34+,35-/m1/s1. The van der Waals surface area contributed by atoms with Gasteiger partial charge < -0.3 is 29.4 Å². The van der Waals surface area contributed by atoms with Crippen LogP contribution in [0.2, 0.25) is 0 Å². The maximum atomic E-state index is 12.2. The Bertz CT molecular complexity index is 1490. The number of methoxy groups -OCH3 is 2. The normalized spacial score (nSPS) is 34.3. The number of hydrogen-bond acceptors (Lipinski definition) is 7. The Morgan fingerprint density at radius 2 is 1.91 bits per heavy atom. The molecule has 44 heavy (non-hydrogen) atoms. The first-order valence-corrected chi connectivity index (χ1v) is 16.2. The molecular formula is C35H42N2O7. The molecule has 2 heterocycles. The first-order chi connectivity index (χ1) is 21.3. The van der Waals surface area contributed by atoms with Crippen molar-refractivity contribution in [1.82, 2.24) is 10.2 Å². The molecule has 2 aromatic rings. The third-order valence-electron chi connectivity index (χ3n) is 12.2. The number of carbonyl (C=O) groups is 2. The fraction of sp³-hybridized carbons (Fsp3) is 0.600. The number of amides is 1. The van der Waals surface area contributed by atoms with Gasteiger partial charge in [0.25, 0.3) is 5.91 Å². The first kappa shape index (κ1) is 28.3. The van der Waals surface area contributed by atoms with Gasteiger partial charge in [-0.15, -0.1) is 0 Å².